The first-order valence-electron chi connectivity index (χ1n) is 20.8. The summed E-state index contributed by atoms with van der Waals surface area (Å²) in [5, 5.41) is 11.6. The van der Waals surface area contributed by atoms with E-state index in [9.17, 15) is 32.4 Å². The second-order valence-electron chi connectivity index (χ2n) is 16.0. The summed E-state index contributed by atoms with van der Waals surface area (Å²) in [4.78, 5) is 80.8. The fraction of sp³-hybridized carbons (Fsp3) is 0.372. The molecule has 1 aromatic heterocycles. The van der Waals surface area contributed by atoms with Crippen LogP contribution in [0.15, 0.2) is 66.9 Å². The summed E-state index contributed by atoms with van der Waals surface area (Å²) in [6.45, 7) is 4.79. The Hall–Kier alpha value is -6.35. The molecule has 4 aliphatic heterocycles. The molecule has 0 radical (unpaired) electrons. The number of ether oxygens (including phenoxy) is 1. The van der Waals surface area contributed by atoms with Crippen molar-refractivity contribution < 1.29 is 37.1 Å². The largest absolute Gasteiger partial charge is 0.494 e. The standard InChI is InChI=1S/C43H48ClN11O8S/c1-51(64(3,61)62)33-10-5-4-8-30(33)47-39-29(44)24-45-43(50-39)48-31-12-11-27(23-35(31)63-2)53-17-15-26(16-18-53)54-21-19-52(20-22-54)25-37(57)46-32-9-6-7-28-38(32)42(60)55(41(28)59)34-13-14-36(56)49-40(34)58/h4-12,23-24,26,34H,13-22,25H2,1-3H3,(H,46,57)(H,49,56,58)(H2,45,47,48,50). The molecule has 1 unspecified atom stereocenters. The summed E-state index contributed by atoms with van der Waals surface area (Å²) in [7, 11) is -0.454. The molecule has 19 nitrogen and oxygen atoms in total. The molecule has 1 atom stereocenters. The normalized spacial score (nSPS) is 18.7. The van der Waals surface area contributed by atoms with E-state index in [-0.39, 0.29) is 58.9 Å². The molecule has 3 saturated heterocycles. The number of hydrogen-bond acceptors (Lipinski definition) is 15. The first-order chi connectivity index (χ1) is 30.7. The number of carbonyl (C=O) groups is 5. The zero-order valence-corrected chi connectivity index (χ0v) is 37.0. The van der Waals surface area contributed by atoms with Gasteiger partial charge >= 0.3 is 0 Å². The Kier molecular flexibility index (Phi) is 12.7. The van der Waals surface area contributed by atoms with Crippen LogP contribution in [0.5, 0.6) is 5.75 Å². The van der Waals surface area contributed by atoms with Gasteiger partial charge in [0.15, 0.2) is 5.82 Å². The number of piperidine rings is 2. The summed E-state index contributed by atoms with van der Waals surface area (Å²) in [5.41, 5.74) is 2.95. The Morgan fingerprint density at radius 3 is 2.36 bits per heavy atom. The highest BCUT2D eigenvalue weighted by Gasteiger charge is 2.46. The van der Waals surface area contributed by atoms with Crippen LogP contribution < -0.4 is 35.2 Å². The molecule has 4 N–H and O–H groups in total. The molecule has 3 aromatic carbocycles. The van der Waals surface area contributed by atoms with Crippen molar-refractivity contribution in [2.45, 2.75) is 37.8 Å². The number of nitrogens with one attached hydrogen (secondary N) is 4. The Morgan fingerprint density at radius 1 is 0.906 bits per heavy atom. The van der Waals surface area contributed by atoms with Crippen LogP contribution in [-0.2, 0) is 24.4 Å². The minimum atomic E-state index is -3.52. The molecule has 336 valence electrons. The number of rotatable bonds is 13. The lowest BCUT2D eigenvalue weighted by Crippen LogP contribution is -2.54. The van der Waals surface area contributed by atoms with E-state index >= 15 is 0 Å². The van der Waals surface area contributed by atoms with Gasteiger partial charge in [0.2, 0.25) is 33.7 Å². The highest BCUT2D eigenvalue weighted by molar-refractivity contribution is 7.92. The van der Waals surface area contributed by atoms with Gasteiger partial charge in [-0.2, -0.15) is 4.98 Å². The highest BCUT2D eigenvalue weighted by atomic mass is 35.5. The lowest BCUT2D eigenvalue weighted by molar-refractivity contribution is -0.136. The molecule has 0 saturated carbocycles. The number of fused-ring (bicyclic) bond motifs is 1. The molecule has 5 amide bonds. The summed E-state index contributed by atoms with van der Waals surface area (Å²) in [5.74, 6) is -1.62. The number of methoxy groups -OCH3 is 1. The first-order valence-corrected chi connectivity index (χ1v) is 23.0. The average Bonchev–Trinajstić information content (AvgIpc) is 3.53. The van der Waals surface area contributed by atoms with Crippen LogP contribution in [0.3, 0.4) is 0 Å². The number of sulfonamides is 1. The Bertz CT molecular complexity index is 2620. The molecule has 4 aliphatic rings. The van der Waals surface area contributed by atoms with Crippen LogP contribution >= 0.6 is 11.6 Å². The third-order valence-corrected chi connectivity index (χ3v) is 13.5. The van der Waals surface area contributed by atoms with Crippen molar-refractivity contribution in [1.29, 1.82) is 0 Å². The zero-order chi connectivity index (χ0) is 45.3. The summed E-state index contributed by atoms with van der Waals surface area (Å²) < 4.78 is 31.5. The molecule has 0 bridgehead atoms. The number of amides is 5. The maximum Gasteiger partial charge on any atom is 0.264 e. The fourth-order valence-electron chi connectivity index (χ4n) is 8.56. The molecule has 21 heteroatoms. The van der Waals surface area contributed by atoms with Crippen molar-refractivity contribution in [3.05, 3.63) is 83.0 Å². The van der Waals surface area contributed by atoms with Crippen molar-refractivity contribution in [3.63, 3.8) is 0 Å². The Morgan fingerprint density at radius 2 is 1.64 bits per heavy atom. The van der Waals surface area contributed by atoms with Crippen molar-refractivity contribution >= 4 is 91.4 Å². The average molecular weight is 914 g/mol. The number of piperazine rings is 1. The van der Waals surface area contributed by atoms with Crippen LogP contribution in [0.2, 0.25) is 5.02 Å². The number of halogens is 1. The minimum absolute atomic E-state index is 0.0183. The van der Waals surface area contributed by atoms with Crippen LogP contribution in [0.4, 0.5) is 40.2 Å². The SMILES string of the molecule is COc1cc(N2CCC(N3CCN(CC(=O)Nc4cccc5c4C(=O)N(C4CCC(=O)NC4=O)C5=O)CC3)CC2)ccc1Nc1ncc(Cl)c(Nc2ccccc2N(C)S(C)(=O)=O)n1. The van der Waals surface area contributed by atoms with Gasteiger partial charge in [0.05, 0.1) is 60.0 Å². The van der Waals surface area contributed by atoms with Crippen molar-refractivity contribution in [1.82, 2.24) is 30.0 Å². The second kappa shape index (κ2) is 18.4. The lowest BCUT2D eigenvalue weighted by Gasteiger charge is -2.43. The number of aromatic nitrogens is 2. The second-order valence-corrected chi connectivity index (χ2v) is 18.4. The summed E-state index contributed by atoms with van der Waals surface area (Å²) in [6.07, 6.45) is 4.57. The molecule has 0 spiro atoms. The van der Waals surface area contributed by atoms with Crippen molar-refractivity contribution in [3.8, 4) is 5.75 Å². The first kappa shape index (κ1) is 44.3. The van der Waals surface area contributed by atoms with Gasteiger partial charge in [-0.3, -0.25) is 48.3 Å². The Balaban J connectivity index is 0.822. The number of para-hydroxylation sites is 2. The number of anilines is 7. The molecule has 64 heavy (non-hydrogen) atoms. The number of imide groups is 2. The zero-order valence-electron chi connectivity index (χ0n) is 35.5. The Labute approximate surface area is 375 Å². The predicted molar refractivity (Wildman–Crippen MR) is 241 cm³/mol. The van der Waals surface area contributed by atoms with Crippen LogP contribution in [-0.4, -0.2) is 141 Å². The van der Waals surface area contributed by atoms with E-state index in [1.165, 1.54) is 23.6 Å². The lowest BCUT2D eigenvalue weighted by atomic mass is 10.0. The van der Waals surface area contributed by atoms with E-state index in [4.69, 9.17) is 16.3 Å². The molecule has 3 fully saturated rings. The van der Waals surface area contributed by atoms with E-state index in [2.05, 4.69) is 45.9 Å². The molecule has 5 heterocycles. The van der Waals surface area contributed by atoms with E-state index in [1.807, 2.05) is 18.2 Å². The highest BCUT2D eigenvalue weighted by Crippen LogP contribution is 2.36. The fourth-order valence-corrected chi connectivity index (χ4v) is 9.22. The van der Waals surface area contributed by atoms with Gasteiger partial charge in [-0.05, 0) is 55.7 Å². The van der Waals surface area contributed by atoms with Gasteiger partial charge in [-0.25, -0.2) is 13.4 Å². The maximum atomic E-state index is 13.5. The van der Waals surface area contributed by atoms with Gasteiger partial charge < -0.3 is 25.6 Å². The van der Waals surface area contributed by atoms with Crippen LogP contribution in [0.1, 0.15) is 46.4 Å². The number of benzene rings is 3. The smallest absolute Gasteiger partial charge is 0.264 e. The van der Waals surface area contributed by atoms with E-state index in [0.717, 1.165) is 55.9 Å². The van der Waals surface area contributed by atoms with Crippen LogP contribution in [0, 0.1) is 0 Å². The predicted octanol–water partition coefficient (Wildman–Crippen LogP) is 3.65. The minimum Gasteiger partial charge on any atom is -0.494 e. The molecular weight excluding hydrogens is 866 g/mol. The molecule has 8 rings (SSSR count). The molecular formula is C43H48ClN11O8S. The monoisotopic (exact) mass is 913 g/mol. The quantitative estimate of drug-likeness (QED) is 0.141. The summed E-state index contributed by atoms with van der Waals surface area (Å²) in [6, 6.07) is 16.8. The van der Waals surface area contributed by atoms with Gasteiger partial charge in [0, 0.05) is 70.5 Å². The number of hydrogen-bond donors (Lipinski definition) is 4. The van der Waals surface area contributed by atoms with E-state index < -0.39 is 39.7 Å². The molecule has 0 aliphatic carbocycles. The third-order valence-electron chi connectivity index (χ3n) is 12.0. The number of carbonyl (C=O) groups excluding carboxylic acids is 5. The van der Waals surface area contributed by atoms with Gasteiger partial charge in [-0.1, -0.05) is 29.8 Å². The number of nitrogens with zero attached hydrogens (tertiary/aromatic N) is 7. The van der Waals surface area contributed by atoms with Crippen molar-refractivity contribution in [2.24, 2.45) is 0 Å². The van der Waals surface area contributed by atoms with Gasteiger partial charge in [0.1, 0.15) is 16.8 Å². The summed E-state index contributed by atoms with van der Waals surface area (Å²) >= 11 is 6.46. The van der Waals surface area contributed by atoms with Gasteiger partial charge in [0.25, 0.3) is 11.8 Å². The topological polar surface area (TPSA) is 219 Å². The molecule has 4 aromatic rings. The van der Waals surface area contributed by atoms with Crippen molar-refractivity contribution in [2.75, 3.05) is 91.4 Å². The van der Waals surface area contributed by atoms with E-state index in [1.54, 1.807) is 43.5 Å². The third kappa shape index (κ3) is 9.30. The van der Waals surface area contributed by atoms with E-state index in [0.29, 0.717) is 41.9 Å². The maximum absolute atomic E-state index is 13.5. The van der Waals surface area contributed by atoms with Crippen LogP contribution in [0.25, 0.3) is 0 Å². The van der Waals surface area contributed by atoms with Gasteiger partial charge in [-0.15, -0.1) is 0 Å².